The van der Waals surface area contributed by atoms with Crippen LogP contribution in [0.3, 0.4) is 0 Å². The Morgan fingerprint density at radius 3 is 2.43 bits per heavy atom. The highest BCUT2D eigenvalue weighted by atomic mass is 35.5. The van der Waals surface area contributed by atoms with E-state index in [9.17, 15) is 8.78 Å². The first-order valence-corrected chi connectivity index (χ1v) is 8.13. The number of rotatable bonds is 2. The van der Waals surface area contributed by atoms with Crippen LogP contribution in [0.4, 0.5) is 14.6 Å². The molecule has 0 spiro atoms. The number of anilines is 1. The van der Waals surface area contributed by atoms with E-state index in [0.29, 0.717) is 10.8 Å². The Kier molecular flexibility index (Phi) is 3.46. The molecule has 0 bridgehead atoms. The summed E-state index contributed by atoms with van der Waals surface area (Å²) in [5.74, 6) is -1.98. The molecule has 23 heavy (non-hydrogen) atoms. The maximum atomic E-state index is 13.2. The van der Waals surface area contributed by atoms with Crippen LogP contribution in [0.1, 0.15) is 29.2 Å². The highest BCUT2D eigenvalue weighted by Gasteiger charge is 2.46. The standard InChI is InChI=1S/C16H13Cl2F2N3/c17-10-3-1-9(2-4-10)11-5-6-12-13(11)21-15(18)22-14(12)23-7-16(19,20)8-23/h1-4,11H,5-8H2. The second-order valence-electron chi connectivity index (χ2n) is 6.03. The van der Waals surface area contributed by atoms with Gasteiger partial charge in [0.25, 0.3) is 5.92 Å². The van der Waals surface area contributed by atoms with Gasteiger partial charge in [0.1, 0.15) is 5.82 Å². The van der Waals surface area contributed by atoms with Gasteiger partial charge in [0, 0.05) is 16.5 Å². The molecule has 2 heterocycles. The van der Waals surface area contributed by atoms with Crippen molar-refractivity contribution >= 4 is 29.0 Å². The Labute approximate surface area is 142 Å². The van der Waals surface area contributed by atoms with Gasteiger partial charge in [-0.15, -0.1) is 0 Å². The predicted octanol–water partition coefficient (Wildman–Crippen LogP) is 4.32. The van der Waals surface area contributed by atoms with E-state index >= 15 is 0 Å². The van der Waals surface area contributed by atoms with E-state index in [1.807, 2.05) is 24.3 Å². The molecule has 0 saturated carbocycles. The molecule has 1 aromatic carbocycles. The summed E-state index contributed by atoms with van der Waals surface area (Å²) >= 11 is 12.0. The lowest BCUT2D eigenvalue weighted by Crippen LogP contribution is -2.57. The van der Waals surface area contributed by atoms with Crippen molar-refractivity contribution in [2.45, 2.75) is 24.7 Å². The summed E-state index contributed by atoms with van der Waals surface area (Å²) in [6, 6.07) is 7.62. The fourth-order valence-electron chi connectivity index (χ4n) is 3.36. The van der Waals surface area contributed by atoms with Crippen LogP contribution in [0.5, 0.6) is 0 Å². The van der Waals surface area contributed by atoms with Gasteiger partial charge >= 0.3 is 0 Å². The summed E-state index contributed by atoms with van der Waals surface area (Å²) < 4.78 is 26.4. The van der Waals surface area contributed by atoms with Crippen molar-refractivity contribution in [2.75, 3.05) is 18.0 Å². The Hall–Kier alpha value is -1.46. The number of alkyl halides is 2. The van der Waals surface area contributed by atoms with Gasteiger partial charge in [0.2, 0.25) is 5.28 Å². The van der Waals surface area contributed by atoms with Crippen LogP contribution in [0.15, 0.2) is 24.3 Å². The average Bonchev–Trinajstić information content (AvgIpc) is 2.88. The largest absolute Gasteiger partial charge is 0.344 e. The number of benzene rings is 1. The van der Waals surface area contributed by atoms with Crippen LogP contribution >= 0.6 is 23.2 Å². The topological polar surface area (TPSA) is 29.0 Å². The number of halogens is 4. The maximum Gasteiger partial charge on any atom is 0.282 e. The van der Waals surface area contributed by atoms with Gasteiger partial charge in [0.05, 0.1) is 18.8 Å². The molecule has 2 aliphatic rings. The van der Waals surface area contributed by atoms with E-state index in [0.717, 1.165) is 29.7 Å². The first-order chi connectivity index (χ1) is 10.9. The van der Waals surface area contributed by atoms with Crippen molar-refractivity contribution in [3.05, 3.63) is 51.4 Å². The maximum absolute atomic E-state index is 13.2. The Morgan fingerprint density at radius 1 is 1.09 bits per heavy atom. The van der Waals surface area contributed by atoms with Gasteiger partial charge in [-0.1, -0.05) is 23.7 Å². The van der Waals surface area contributed by atoms with Crippen molar-refractivity contribution < 1.29 is 8.78 Å². The molecule has 1 aliphatic carbocycles. The third kappa shape index (κ3) is 2.66. The Morgan fingerprint density at radius 2 is 1.78 bits per heavy atom. The molecule has 1 atom stereocenters. The molecular formula is C16H13Cl2F2N3. The smallest absolute Gasteiger partial charge is 0.282 e. The molecular weight excluding hydrogens is 343 g/mol. The zero-order chi connectivity index (χ0) is 16.2. The van der Waals surface area contributed by atoms with Gasteiger partial charge in [-0.2, -0.15) is 0 Å². The van der Waals surface area contributed by atoms with Crippen molar-refractivity contribution in [3.63, 3.8) is 0 Å². The molecule has 1 unspecified atom stereocenters. The molecule has 1 aromatic heterocycles. The Balaban J connectivity index is 1.72. The van der Waals surface area contributed by atoms with E-state index in [1.54, 1.807) is 4.90 Å². The van der Waals surface area contributed by atoms with Crippen molar-refractivity contribution in [1.29, 1.82) is 0 Å². The van der Waals surface area contributed by atoms with Gasteiger partial charge in [-0.25, -0.2) is 18.7 Å². The lowest BCUT2D eigenvalue weighted by molar-refractivity contribution is -0.0267. The summed E-state index contributed by atoms with van der Waals surface area (Å²) in [5.41, 5.74) is 2.88. The molecule has 3 nitrogen and oxygen atoms in total. The minimum Gasteiger partial charge on any atom is -0.344 e. The molecule has 120 valence electrons. The van der Waals surface area contributed by atoms with Crippen LogP contribution in [0.25, 0.3) is 0 Å². The lowest BCUT2D eigenvalue weighted by Gasteiger charge is -2.40. The second kappa shape index (κ2) is 5.28. The average molecular weight is 356 g/mol. The van der Waals surface area contributed by atoms with E-state index in [2.05, 4.69) is 9.97 Å². The second-order valence-corrected chi connectivity index (χ2v) is 6.81. The lowest BCUT2D eigenvalue weighted by atomic mass is 9.97. The SMILES string of the molecule is FC1(F)CN(c2nc(Cl)nc3c2CCC3c2ccc(Cl)cc2)C1. The van der Waals surface area contributed by atoms with Crippen LogP contribution in [0, 0.1) is 0 Å². The van der Waals surface area contributed by atoms with Gasteiger partial charge in [0.15, 0.2) is 0 Å². The first-order valence-electron chi connectivity index (χ1n) is 7.37. The molecule has 2 aromatic rings. The molecule has 0 radical (unpaired) electrons. The molecule has 1 saturated heterocycles. The summed E-state index contributed by atoms with van der Waals surface area (Å²) in [4.78, 5) is 10.2. The summed E-state index contributed by atoms with van der Waals surface area (Å²) in [7, 11) is 0. The third-order valence-corrected chi connectivity index (χ3v) is 4.84. The van der Waals surface area contributed by atoms with Crippen LogP contribution in [-0.4, -0.2) is 29.0 Å². The van der Waals surface area contributed by atoms with Crippen LogP contribution in [0.2, 0.25) is 10.3 Å². The highest BCUT2D eigenvalue weighted by Crippen LogP contribution is 2.43. The summed E-state index contributed by atoms with van der Waals surface area (Å²) in [5, 5.41) is 0.783. The van der Waals surface area contributed by atoms with E-state index in [-0.39, 0.29) is 24.3 Å². The Bertz CT molecular complexity index is 757. The van der Waals surface area contributed by atoms with Gasteiger partial charge < -0.3 is 4.90 Å². The van der Waals surface area contributed by atoms with E-state index in [1.165, 1.54) is 0 Å². The minimum atomic E-state index is -2.64. The number of fused-ring (bicyclic) bond motifs is 1. The molecule has 7 heteroatoms. The third-order valence-electron chi connectivity index (χ3n) is 4.42. The predicted molar refractivity (Wildman–Crippen MR) is 85.8 cm³/mol. The number of hydrogen-bond acceptors (Lipinski definition) is 3. The van der Waals surface area contributed by atoms with Crippen LogP contribution < -0.4 is 4.90 Å². The minimum absolute atomic E-state index is 0.100. The zero-order valence-corrected chi connectivity index (χ0v) is 13.6. The fraction of sp³-hybridized carbons (Fsp3) is 0.375. The number of nitrogens with zero attached hydrogens (tertiary/aromatic N) is 3. The van der Waals surface area contributed by atoms with E-state index < -0.39 is 5.92 Å². The summed E-state index contributed by atoms with van der Waals surface area (Å²) in [6.07, 6.45) is 1.63. The monoisotopic (exact) mass is 355 g/mol. The molecule has 1 aliphatic heterocycles. The highest BCUT2D eigenvalue weighted by molar-refractivity contribution is 6.30. The molecule has 1 fully saturated rings. The molecule has 0 N–H and O–H groups in total. The summed E-state index contributed by atoms with van der Waals surface area (Å²) in [6.45, 7) is -0.614. The van der Waals surface area contributed by atoms with Gasteiger partial charge in [-0.3, -0.25) is 0 Å². The van der Waals surface area contributed by atoms with Crippen LogP contribution in [-0.2, 0) is 6.42 Å². The molecule has 4 rings (SSSR count). The van der Waals surface area contributed by atoms with Crippen molar-refractivity contribution in [2.24, 2.45) is 0 Å². The molecule has 0 amide bonds. The van der Waals surface area contributed by atoms with E-state index in [4.69, 9.17) is 23.2 Å². The van der Waals surface area contributed by atoms with Crippen molar-refractivity contribution in [1.82, 2.24) is 9.97 Å². The zero-order valence-electron chi connectivity index (χ0n) is 12.1. The fourth-order valence-corrected chi connectivity index (χ4v) is 3.66. The first kappa shape index (κ1) is 15.1. The van der Waals surface area contributed by atoms with Gasteiger partial charge in [-0.05, 0) is 42.1 Å². The van der Waals surface area contributed by atoms with Crippen molar-refractivity contribution in [3.8, 4) is 0 Å². The normalized spacial score (nSPS) is 21.9. The quantitative estimate of drug-likeness (QED) is 0.751. The number of aromatic nitrogens is 2. The number of hydrogen-bond donors (Lipinski definition) is 0.